The molecule has 0 aliphatic carbocycles. The van der Waals surface area contributed by atoms with Crippen LogP contribution >= 0.6 is 0 Å². The largest absolute Gasteiger partial charge is 0.326 e. The molecule has 2 N–H and O–H groups in total. The molecule has 0 spiro atoms. The minimum atomic E-state index is 0.152. The summed E-state index contributed by atoms with van der Waals surface area (Å²) < 4.78 is 0. The van der Waals surface area contributed by atoms with Crippen LogP contribution in [0.5, 0.6) is 0 Å². The summed E-state index contributed by atoms with van der Waals surface area (Å²) in [6.45, 7) is 7.14. The average Bonchev–Trinajstić information content (AvgIpc) is 2.53. The van der Waals surface area contributed by atoms with Crippen LogP contribution in [0.25, 0.3) is 22.2 Å². The summed E-state index contributed by atoms with van der Waals surface area (Å²) in [5.41, 5.74) is 11.3. The second-order valence-electron chi connectivity index (χ2n) is 6.57. The Labute approximate surface area is 131 Å². The van der Waals surface area contributed by atoms with Crippen molar-refractivity contribution in [3.8, 4) is 11.3 Å². The summed E-state index contributed by atoms with van der Waals surface area (Å²) in [7, 11) is 0. The first kappa shape index (κ1) is 14.7. The predicted octanol–water partition coefficient (Wildman–Crippen LogP) is 4.05. The third-order valence-electron chi connectivity index (χ3n) is 3.99. The summed E-state index contributed by atoms with van der Waals surface area (Å²) in [5.74, 6) is 0. The van der Waals surface area contributed by atoms with Crippen LogP contribution in [-0.2, 0) is 12.0 Å². The van der Waals surface area contributed by atoms with Crippen molar-refractivity contribution in [1.29, 1.82) is 0 Å². The Morgan fingerprint density at radius 2 is 1.68 bits per heavy atom. The standard InChI is InChI=1S/C19H21N3/c1-19(2,3)15-9-7-13(8-10-15)17-16-6-4-5-14(11-20)18(16)22-12-21-17/h4-10,12H,11,20H2,1-3H3. The van der Waals surface area contributed by atoms with Crippen molar-refractivity contribution in [1.82, 2.24) is 9.97 Å². The summed E-state index contributed by atoms with van der Waals surface area (Å²) in [4.78, 5) is 8.90. The minimum absolute atomic E-state index is 0.152. The van der Waals surface area contributed by atoms with Gasteiger partial charge in [-0.25, -0.2) is 9.97 Å². The van der Waals surface area contributed by atoms with E-state index in [0.717, 1.165) is 27.7 Å². The monoisotopic (exact) mass is 291 g/mol. The first-order valence-electron chi connectivity index (χ1n) is 7.54. The molecule has 1 aromatic heterocycles. The van der Waals surface area contributed by atoms with Gasteiger partial charge in [-0.3, -0.25) is 0 Å². The second kappa shape index (κ2) is 5.50. The number of aromatic nitrogens is 2. The van der Waals surface area contributed by atoms with Gasteiger partial charge < -0.3 is 5.73 Å². The first-order chi connectivity index (χ1) is 10.5. The van der Waals surface area contributed by atoms with Crippen molar-refractivity contribution in [3.63, 3.8) is 0 Å². The zero-order valence-corrected chi connectivity index (χ0v) is 13.3. The van der Waals surface area contributed by atoms with Crippen molar-refractivity contribution in [2.24, 2.45) is 5.73 Å². The van der Waals surface area contributed by atoms with Crippen molar-refractivity contribution in [3.05, 3.63) is 59.9 Å². The fourth-order valence-electron chi connectivity index (χ4n) is 2.67. The van der Waals surface area contributed by atoms with Crippen molar-refractivity contribution >= 4 is 10.9 Å². The van der Waals surface area contributed by atoms with Crippen LogP contribution in [0.2, 0.25) is 0 Å². The van der Waals surface area contributed by atoms with E-state index in [2.05, 4.69) is 61.1 Å². The number of benzene rings is 2. The Kier molecular flexibility index (Phi) is 3.67. The van der Waals surface area contributed by atoms with Crippen molar-refractivity contribution in [2.45, 2.75) is 32.7 Å². The van der Waals surface area contributed by atoms with Gasteiger partial charge in [0.05, 0.1) is 11.2 Å². The zero-order chi connectivity index (χ0) is 15.7. The van der Waals surface area contributed by atoms with E-state index in [0.29, 0.717) is 6.54 Å². The number of para-hydroxylation sites is 1. The number of nitrogens with two attached hydrogens (primary N) is 1. The zero-order valence-electron chi connectivity index (χ0n) is 13.3. The molecule has 3 heteroatoms. The lowest BCUT2D eigenvalue weighted by molar-refractivity contribution is 0.590. The highest BCUT2D eigenvalue weighted by Crippen LogP contribution is 2.29. The van der Waals surface area contributed by atoms with E-state index in [1.807, 2.05) is 12.1 Å². The summed E-state index contributed by atoms with van der Waals surface area (Å²) in [6.07, 6.45) is 1.62. The van der Waals surface area contributed by atoms with Crippen LogP contribution in [-0.4, -0.2) is 9.97 Å². The molecular weight excluding hydrogens is 270 g/mol. The molecule has 2 aromatic carbocycles. The fourth-order valence-corrected chi connectivity index (χ4v) is 2.67. The van der Waals surface area contributed by atoms with Crippen LogP contribution in [0.1, 0.15) is 31.9 Å². The molecule has 0 bridgehead atoms. The molecule has 3 nitrogen and oxygen atoms in total. The SMILES string of the molecule is CC(C)(C)c1ccc(-c2ncnc3c(CN)cccc23)cc1. The first-order valence-corrected chi connectivity index (χ1v) is 7.54. The molecule has 0 saturated heterocycles. The normalized spacial score (nSPS) is 11.8. The predicted molar refractivity (Wildman–Crippen MR) is 91.6 cm³/mol. The van der Waals surface area contributed by atoms with Gasteiger partial charge in [-0.2, -0.15) is 0 Å². The topological polar surface area (TPSA) is 51.8 Å². The molecular formula is C19H21N3. The summed E-state index contributed by atoms with van der Waals surface area (Å²) >= 11 is 0. The van der Waals surface area contributed by atoms with E-state index in [-0.39, 0.29) is 5.41 Å². The Balaban J connectivity index is 2.14. The molecule has 3 rings (SSSR count). The van der Waals surface area contributed by atoms with Gasteiger partial charge in [0.2, 0.25) is 0 Å². The van der Waals surface area contributed by atoms with E-state index < -0.39 is 0 Å². The number of nitrogens with zero attached hydrogens (tertiary/aromatic N) is 2. The lowest BCUT2D eigenvalue weighted by Gasteiger charge is -2.19. The maximum Gasteiger partial charge on any atom is 0.116 e. The highest BCUT2D eigenvalue weighted by molar-refractivity contribution is 5.93. The number of rotatable bonds is 2. The Morgan fingerprint density at radius 1 is 0.955 bits per heavy atom. The van der Waals surface area contributed by atoms with Crippen LogP contribution in [0.3, 0.4) is 0 Å². The lowest BCUT2D eigenvalue weighted by Crippen LogP contribution is -2.10. The van der Waals surface area contributed by atoms with Gasteiger partial charge in [0.25, 0.3) is 0 Å². The number of hydrogen-bond donors (Lipinski definition) is 1. The highest BCUT2D eigenvalue weighted by atomic mass is 14.8. The smallest absolute Gasteiger partial charge is 0.116 e. The van der Waals surface area contributed by atoms with Gasteiger partial charge in [-0.05, 0) is 16.5 Å². The maximum absolute atomic E-state index is 5.81. The van der Waals surface area contributed by atoms with Crippen LogP contribution < -0.4 is 5.73 Å². The summed E-state index contributed by atoms with van der Waals surface area (Å²) in [5, 5.41) is 1.05. The average molecular weight is 291 g/mol. The lowest BCUT2D eigenvalue weighted by atomic mass is 9.86. The molecule has 0 aliphatic rings. The quantitative estimate of drug-likeness (QED) is 0.775. The Hall–Kier alpha value is -2.26. The van der Waals surface area contributed by atoms with E-state index in [1.165, 1.54) is 5.56 Å². The highest BCUT2D eigenvalue weighted by Gasteiger charge is 2.14. The van der Waals surface area contributed by atoms with Gasteiger partial charge in [0.1, 0.15) is 6.33 Å². The summed E-state index contributed by atoms with van der Waals surface area (Å²) in [6, 6.07) is 14.7. The molecule has 0 atom stereocenters. The third kappa shape index (κ3) is 2.60. The third-order valence-corrected chi connectivity index (χ3v) is 3.99. The Morgan fingerprint density at radius 3 is 2.32 bits per heavy atom. The van der Waals surface area contributed by atoms with Gasteiger partial charge in [-0.1, -0.05) is 63.2 Å². The molecule has 0 unspecified atom stereocenters. The van der Waals surface area contributed by atoms with Crippen LogP contribution in [0.15, 0.2) is 48.8 Å². The second-order valence-corrected chi connectivity index (χ2v) is 6.57. The number of fused-ring (bicyclic) bond motifs is 1. The molecule has 0 saturated carbocycles. The van der Waals surface area contributed by atoms with Crippen LogP contribution in [0.4, 0.5) is 0 Å². The molecule has 0 amide bonds. The van der Waals surface area contributed by atoms with Gasteiger partial charge >= 0.3 is 0 Å². The molecule has 0 radical (unpaired) electrons. The van der Waals surface area contributed by atoms with E-state index >= 15 is 0 Å². The molecule has 0 fully saturated rings. The maximum atomic E-state index is 5.81. The fraction of sp³-hybridized carbons (Fsp3) is 0.263. The van der Waals surface area contributed by atoms with Crippen molar-refractivity contribution in [2.75, 3.05) is 0 Å². The van der Waals surface area contributed by atoms with Gasteiger partial charge in [-0.15, -0.1) is 0 Å². The van der Waals surface area contributed by atoms with Gasteiger partial charge in [0.15, 0.2) is 0 Å². The van der Waals surface area contributed by atoms with Crippen LogP contribution in [0, 0.1) is 0 Å². The molecule has 112 valence electrons. The molecule has 3 aromatic rings. The minimum Gasteiger partial charge on any atom is -0.326 e. The number of hydrogen-bond acceptors (Lipinski definition) is 3. The van der Waals surface area contributed by atoms with E-state index in [4.69, 9.17) is 5.73 Å². The van der Waals surface area contributed by atoms with Gasteiger partial charge in [0, 0.05) is 17.5 Å². The molecule has 0 aliphatic heterocycles. The Bertz CT molecular complexity index is 799. The van der Waals surface area contributed by atoms with Crippen molar-refractivity contribution < 1.29 is 0 Å². The molecule has 22 heavy (non-hydrogen) atoms. The van der Waals surface area contributed by atoms with E-state index in [1.54, 1.807) is 6.33 Å². The van der Waals surface area contributed by atoms with E-state index in [9.17, 15) is 0 Å². The molecule has 1 heterocycles.